The van der Waals surface area contributed by atoms with Crippen molar-refractivity contribution in [1.82, 2.24) is 9.55 Å². The van der Waals surface area contributed by atoms with Gasteiger partial charge in [0.1, 0.15) is 0 Å². The number of pyridine rings is 1. The van der Waals surface area contributed by atoms with Gasteiger partial charge in [-0.25, -0.2) is 4.98 Å². The Morgan fingerprint density at radius 2 is 2.32 bits per heavy atom. The molecule has 5 nitrogen and oxygen atoms in total. The third kappa shape index (κ3) is 2.11. The number of Topliss-reactive ketones (excluding diaryl/α,β-unsaturated/α-hetero) is 1. The van der Waals surface area contributed by atoms with Gasteiger partial charge in [0.15, 0.2) is 11.5 Å². The molecule has 1 atom stereocenters. The summed E-state index contributed by atoms with van der Waals surface area (Å²) in [6.45, 7) is 2.02. The first-order valence-electron chi connectivity index (χ1n) is 7.16. The van der Waals surface area contributed by atoms with Gasteiger partial charge in [0, 0.05) is 12.7 Å². The van der Waals surface area contributed by atoms with Gasteiger partial charge in [0.05, 0.1) is 35.7 Å². The van der Waals surface area contributed by atoms with Crippen LogP contribution in [0.2, 0.25) is 0 Å². The fraction of sp³-hybridized carbons (Fsp3) is 0.375. The van der Waals surface area contributed by atoms with Crippen LogP contribution in [-0.4, -0.2) is 27.6 Å². The number of ketones is 1. The quantitative estimate of drug-likeness (QED) is 0.699. The molecule has 116 valence electrons. The van der Waals surface area contributed by atoms with Crippen molar-refractivity contribution in [1.29, 1.82) is 0 Å². The van der Waals surface area contributed by atoms with E-state index >= 15 is 0 Å². The molecular formula is C16H17FN2O3. The van der Waals surface area contributed by atoms with Crippen molar-refractivity contribution in [3.8, 4) is 17.0 Å². The highest BCUT2D eigenvalue weighted by molar-refractivity contribution is 6.01. The van der Waals surface area contributed by atoms with Gasteiger partial charge in [-0.15, -0.1) is 0 Å². The Morgan fingerprint density at radius 3 is 2.95 bits per heavy atom. The van der Waals surface area contributed by atoms with Crippen LogP contribution in [0.3, 0.4) is 0 Å². The summed E-state index contributed by atoms with van der Waals surface area (Å²) in [4.78, 5) is 15.7. The van der Waals surface area contributed by atoms with Crippen LogP contribution in [0.5, 0.6) is 5.75 Å². The first-order chi connectivity index (χ1) is 10.6. The highest BCUT2D eigenvalue weighted by Gasteiger charge is 2.33. The molecule has 1 unspecified atom stereocenters. The van der Waals surface area contributed by atoms with Crippen LogP contribution < -0.4 is 4.74 Å². The van der Waals surface area contributed by atoms with Crippen LogP contribution in [0.25, 0.3) is 11.3 Å². The molecule has 1 N–H and O–H groups in total. The number of aliphatic hydroxyl groups excluding tert-OH is 1. The second-order valence-corrected chi connectivity index (χ2v) is 5.35. The number of ether oxygens (including phenoxy) is 1. The van der Waals surface area contributed by atoms with Crippen molar-refractivity contribution in [2.45, 2.75) is 32.4 Å². The predicted octanol–water partition coefficient (Wildman–Crippen LogP) is 2.73. The van der Waals surface area contributed by atoms with Crippen LogP contribution in [0.15, 0.2) is 18.3 Å². The van der Waals surface area contributed by atoms with E-state index in [2.05, 4.69) is 4.98 Å². The molecular weight excluding hydrogens is 287 g/mol. The number of methoxy groups -OCH3 is 1. The van der Waals surface area contributed by atoms with Gasteiger partial charge in [0.25, 0.3) is 0 Å². The zero-order valence-electron chi connectivity index (χ0n) is 12.5. The lowest BCUT2D eigenvalue weighted by Gasteiger charge is -2.23. The number of aliphatic hydroxyl groups is 1. The fourth-order valence-corrected chi connectivity index (χ4v) is 3.14. The minimum Gasteiger partial charge on any atom is -0.494 e. The minimum absolute atomic E-state index is 0.211. The van der Waals surface area contributed by atoms with Gasteiger partial charge >= 0.3 is 0 Å². The van der Waals surface area contributed by atoms with E-state index in [0.717, 1.165) is 6.42 Å². The van der Waals surface area contributed by atoms with E-state index in [1.807, 2.05) is 0 Å². The number of nitrogens with zero attached hydrogens (tertiary/aromatic N) is 2. The lowest BCUT2D eigenvalue weighted by molar-refractivity contribution is 0.0992. The standard InChI is InChI=1S/C16H17FN2O3/c1-9(20)12-14-11(21)6-4-8-19(14)13(15(12)22-2)10-5-3-7-18-16(10)17/h3,5,7,11,21H,4,6,8H2,1-2H3. The molecule has 0 saturated heterocycles. The van der Waals surface area contributed by atoms with Crippen LogP contribution >= 0.6 is 0 Å². The summed E-state index contributed by atoms with van der Waals surface area (Å²) in [5, 5.41) is 10.3. The van der Waals surface area contributed by atoms with E-state index < -0.39 is 12.1 Å². The third-order valence-corrected chi connectivity index (χ3v) is 4.00. The number of carbonyl (C=O) groups is 1. The average molecular weight is 304 g/mol. The van der Waals surface area contributed by atoms with E-state index in [1.165, 1.54) is 20.2 Å². The Hall–Kier alpha value is -2.21. The molecule has 0 aromatic carbocycles. The fourth-order valence-electron chi connectivity index (χ4n) is 3.14. The summed E-state index contributed by atoms with van der Waals surface area (Å²) < 4.78 is 21.3. The van der Waals surface area contributed by atoms with Crippen LogP contribution in [0, 0.1) is 5.95 Å². The number of hydrogen-bond acceptors (Lipinski definition) is 4. The summed E-state index contributed by atoms with van der Waals surface area (Å²) in [7, 11) is 1.44. The van der Waals surface area contributed by atoms with Gasteiger partial charge in [0.2, 0.25) is 5.95 Å². The molecule has 22 heavy (non-hydrogen) atoms. The Kier molecular flexibility index (Phi) is 3.70. The molecule has 0 saturated carbocycles. The maximum Gasteiger partial charge on any atom is 0.222 e. The van der Waals surface area contributed by atoms with Crippen molar-refractivity contribution in [2.75, 3.05) is 7.11 Å². The molecule has 1 aliphatic rings. The van der Waals surface area contributed by atoms with Crippen molar-refractivity contribution in [3.05, 3.63) is 35.5 Å². The molecule has 2 aromatic rings. The van der Waals surface area contributed by atoms with Gasteiger partial charge in [-0.05, 0) is 31.9 Å². The van der Waals surface area contributed by atoms with E-state index in [9.17, 15) is 14.3 Å². The SMILES string of the molecule is COc1c(C(C)=O)c2n(c1-c1cccnc1F)CCCC2O. The molecule has 3 heterocycles. The second-order valence-electron chi connectivity index (χ2n) is 5.35. The lowest BCUT2D eigenvalue weighted by atomic mass is 10.0. The van der Waals surface area contributed by atoms with Gasteiger partial charge in [-0.3, -0.25) is 4.79 Å². The smallest absolute Gasteiger partial charge is 0.222 e. The van der Waals surface area contributed by atoms with Crippen molar-refractivity contribution in [2.24, 2.45) is 0 Å². The highest BCUT2D eigenvalue weighted by atomic mass is 19.1. The summed E-state index contributed by atoms with van der Waals surface area (Å²) >= 11 is 0. The number of rotatable bonds is 3. The monoisotopic (exact) mass is 304 g/mol. The van der Waals surface area contributed by atoms with Gasteiger partial charge < -0.3 is 14.4 Å². The van der Waals surface area contributed by atoms with E-state index in [1.54, 1.807) is 16.7 Å². The number of hydrogen-bond donors (Lipinski definition) is 1. The normalized spacial score (nSPS) is 17.2. The maximum absolute atomic E-state index is 14.1. The third-order valence-electron chi connectivity index (χ3n) is 4.00. The Labute approximate surface area is 127 Å². The summed E-state index contributed by atoms with van der Waals surface area (Å²) in [6, 6.07) is 3.23. The number of aromatic nitrogens is 2. The molecule has 0 spiro atoms. The van der Waals surface area contributed by atoms with Gasteiger partial charge in [-0.1, -0.05) is 0 Å². The van der Waals surface area contributed by atoms with Crippen molar-refractivity contribution in [3.63, 3.8) is 0 Å². The molecule has 0 amide bonds. The molecule has 0 radical (unpaired) electrons. The molecule has 0 aliphatic carbocycles. The first kappa shape index (κ1) is 14.7. The minimum atomic E-state index is -0.755. The zero-order chi connectivity index (χ0) is 15.9. The number of carbonyl (C=O) groups excluding carboxylic acids is 1. The Morgan fingerprint density at radius 1 is 1.55 bits per heavy atom. The summed E-state index contributed by atoms with van der Waals surface area (Å²) in [5.41, 5.74) is 1.57. The van der Waals surface area contributed by atoms with Crippen LogP contribution in [0.4, 0.5) is 4.39 Å². The molecule has 1 aliphatic heterocycles. The van der Waals surface area contributed by atoms with Crippen LogP contribution in [0.1, 0.15) is 41.9 Å². The second kappa shape index (κ2) is 5.53. The van der Waals surface area contributed by atoms with Crippen LogP contribution in [-0.2, 0) is 6.54 Å². The summed E-state index contributed by atoms with van der Waals surface area (Å²) in [5.74, 6) is -0.538. The number of fused-ring (bicyclic) bond motifs is 1. The van der Waals surface area contributed by atoms with E-state index in [4.69, 9.17) is 4.74 Å². The van der Waals surface area contributed by atoms with Gasteiger partial charge in [-0.2, -0.15) is 4.39 Å². The maximum atomic E-state index is 14.1. The van der Waals surface area contributed by atoms with Crippen molar-refractivity contribution < 1.29 is 19.0 Å². The first-order valence-corrected chi connectivity index (χ1v) is 7.16. The molecule has 6 heteroatoms. The Balaban J connectivity index is 2.37. The topological polar surface area (TPSA) is 64.4 Å². The van der Waals surface area contributed by atoms with E-state index in [-0.39, 0.29) is 11.3 Å². The Bertz CT molecular complexity index is 739. The highest BCUT2D eigenvalue weighted by Crippen LogP contribution is 2.44. The average Bonchev–Trinajstić information content (AvgIpc) is 2.83. The molecule has 3 rings (SSSR count). The molecule has 2 aromatic heterocycles. The zero-order valence-corrected chi connectivity index (χ0v) is 12.5. The predicted molar refractivity (Wildman–Crippen MR) is 78.4 cm³/mol. The molecule has 0 bridgehead atoms. The van der Waals surface area contributed by atoms with E-state index in [0.29, 0.717) is 35.7 Å². The lowest BCUT2D eigenvalue weighted by Crippen LogP contribution is -2.17. The number of halogens is 1. The summed E-state index contributed by atoms with van der Waals surface area (Å²) in [6.07, 6.45) is 1.93. The van der Waals surface area contributed by atoms with Crippen molar-refractivity contribution >= 4 is 5.78 Å². The largest absolute Gasteiger partial charge is 0.494 e. The molecule has 0 fully saturated rings.